The minimum atomic E-state index is 0.309. The van der Waals surface area contributed by atoms with E-state index in [4.69, 9.17) is 9.94 Å². The van der Waals surface area contributed by atoms with E-state index in [1.807, 2.05) is 0 Å². The Morgan fingerprint density at radius 1 is 1.54 bits per heavy atom. The van der Waals surface area contributed by atoms with E-state index in [2.05, 4.69) is 5.16 Å². The number of hydrogen-bond acceptors (Lipinski definition) is 3. The molecule has 1 N–H and O–H groups in total. The van der Waals surface area contributed by atoms with Gasteiger partial charge in [0.1, 0.15) is 7.11 Å². The van der Waals surface area contributed by atoms with Crippen molar-refractivity contribution in [1.29, 1.82) is 0 Å². The van der Waals surface area contributed by atoms with Crippen LogP contribution in [0.15, 0.2) is 5.16 Å². The molecule has 1 aliphatic carbocycles. The van der Waals surface area contributed by atoms with Gasteiger partial charge in [-0.15, -0.1) is 0 Å². The highest BCUT2D eigenvalue weighted by molar-refractivity contribution is 5.87. The fourth-order valence-corrected chi connectivity index (χ4v) is 1.95. The van der Waals surface area contributed by atoms with Gasteiger partial charge < -0.3 is 9.94 Å². The molecule has 0 spiro atoms. The van der Waals surface area contributed by atoms with Crippen molar-refractivity contribution in [3.8, 4) is 0 Å². The van der Waals surface area contributed by atoms with E-state index >= 15 is 0 Å². The predicted octanol–water partition coefficient (Wildman–Crippen LogP) is 1.95. The van der Waals surface area contributed by atoms with Gasteiger partial charge in [-0.3, -0.25) is 0 Å². The minimum Gasteiger partial charge on any atom is -0.399 e. The van der Waals surface area contributed by atoms with Gasteiger partial charge in [0.25, 0.3) is 0 Å². The Hall–Kier alpha value is -0.570. The van der Waals surface area contributed by atoms with Gasteiger partial charge in [0, 0.05) is 12.5 Å². The fourth-order valence-electron chi connectivity index (χ4n) is 1.95. The summed E-state index contributed by atoms with van der Waals surface area (Å²) in [4.78, 5) is 4.80. The summed E-state index contributed by atoms with van der Waals surface area (Å²) in [5.74, 6) is 0.617. The molecule has 13 heavy (non-hydrogen) atoms. The smallest absolute Gasteiger partial charge is 0.106 e. The molecule has 0 amide bonds. The summed E-state index contributed by atoms with van der Waals surface area (Å²) in [7, 11) is 1.61. The van der Waals surface area contributed by atoms with Crippen molar-refractivity contribution in [2.24, 2.45) is 11.1 Å². The van der Waals surface area contributed by atoms with E-state index < -0.39 is 0 Å². The number of aliphatic hydroxyl groups excluding tert-OH is 1. The summed E-state index contributed by atoms with van der Waals surface area (Å²) in [5.41, 5.74) is 1.22. The molecular weight excluding hydrogens is 166 g/mol. The van der Waals surface area contributed by atoms with Gasteiger partial charge in [-0.2, -0.15) is 0 Å². The Morgan fingerprint density at radius 3 is 3.08 bits per heavy atom. The Morgan fingerprint density at radius 2 is 2.38 bits per heavy atom. The standard InChI is InChI=1S/C10H19NO2/c1-13-11-10-7-4-6-9(10)5-2-3-8-12/h9,12H,2-8H2,1H3/b11-10+. The summed E-state index contributed by atoms with van der Waals surface area (Å²) in [6.07, 6.45) is 6.75. The third-order valence-electron chi connectivity index (χ3n) is 2.63. The van der Waals surface area contributed by atoms with Crippen molar-refractivity contribution in [3.63, 3.8) is 0 Å². The van der Waals surface area contributed by atoms with Crippen molar-refractivity contribution in [2.75, 3.05) is 13.7 Å². The third-order valence-corrected chi connectivity index (χ3v) is 2.63. The van der Waals surface area contributed by atoms with Crippen molar-refractivity contribution >= 4 is 5.71 Å². The molecule has 0 radical (unpaired) electrons. The van der Waals surface area contributed by atoms with Gasteiger partial charge >= 0.3 is 0 Å². The number of hydrogen-bond donors (Lipinski definition) is 1. The zero-order valence-electron chi connectivity index (χ0n) is 8.33. The fraction of sp³-hybridized carbons (Fsp3) is 0.900. The van der Waals surface area contributed by atoms with Crippen LogP contribution in [0.2, 0.25) is 0 Å². The molecule has 0 aromatic heterocycles. The third kappa shape index (κ3) is 3.35. The molecule has 0 aromatic carbocycles. The average molecular weight is 185 g/mol. The maximum Gasteiger partial charge on any atom is 0.106 e. The van der Waals surface area contributed by atoms with Gasteiger partial charge in [0.15, 0.2) is 0 Å². The quantitative estimate of drug-likeness (QED) is 0.525. The van der Waals surface area contributed by atoms with Crippen LogP contribution in [-0.2, 0) is 4.84 Å². The second kappa shape index (κ2) is 5.97. The van der Waals surface area contributed by atoms with Gasteiger partial charge in [-0.05, 0) is 32.1 Å². The molecule has 1 rings (SSSR count). The molecule has 0 bridgehead atoms. The van der Waals surface area contributed by atoms with E-state index in [1.165, 1.54) is 18.6 Å². The minimum absolute atomic E-state index is 0.309. The lowest BCUT2D eigenvalue weighted by Gasteiger charge is -2.08. The maximum absolute atomic E-state index is 8.65. The number of aliphatic hydroxyl groups is 1. The summed E-state index contributed by atoms with van der Waals surface area (Å²) < 4.78 is 0. The highest BCUT2D eigenvalue weighted by atomic mass is 16.6. The van der Waals surface area contributed by atoms with Crippen LogP contribution in [-0.4, -0.2) is 24.5 Å². The first-order valence-corrected chi connectivity index (χ1v) is 5.09. The molecule has 1 unspecified atom stereocenters. The zero-order chi connectivity index (χ0) is 9.52. The van der Waals surface area contributed by atoms with Crippen LogP contribution < -0.4 is 0 Å². The largest absolute Gasteiger partial charge is 0.399 e. The summed E-state index contributed by atoms with van der Waals surface area (Å²) in [6, 6.07) is 0. The lowest BCUT2D eigenvalue weighted by Crippen LogP contribution is -2.07. The molecule has 3 nitrogen and oxygen atoms in total. The Labute approximate surface area is 79.8 Å². The number of unbranched alkanes of at least 4 members (excludes halogenated alkanes) is 1. The molecule has 3 heteroatoms. The Balaban J connectivity index is 2.27. The zero-order valence-corrected chi connectivity index (χ0v) is 8.33. The van der Waals surface area contributed by atoms with Crippen molar-refractivity contribution in [2.45, 2.75) is 38.5 Å². The van der Waals surface area contributed by atoms with E-state index in [0.717, 1.165) is 25.7 Å². The maximum atomic E-state index is 8.65. The van der Waals surface area contributed by atoms with Crippen LogP contribution in [0, 0.1) is 5.92 Å². The molecule has 0 aliphatic heterocycles. The van der Waals surface area contributed by atoms with E-state index in [0.29, 0.717) is 12.5 Å². The summed E-state index contributed by atoms with van der Waals surface area (Å²) in [5, 5.41) is 12.7. The van der Waals surface area contributed by atoms with Crippen molar-refractivity contribution in [3.05, 3.63) is 0 Å². The molecule has 1 atom stereocenters. The SMILES string of the molecule is CO/N=C1\CCCC1CCCCO. The molecule has 0 heterocycles. The van der Waals surface area contributed by atoms with Crippen LogP contribution in [0.3, 0.4) is 0 Å². The van der Waals surface area contributed by atoms with Gasteiger partial charge in [0.2, 0.25) is 0 Å². The highest BCUT2D eigenvalue weighted by Crippen LogP contribution is 2.27. The predicted molar refractivity (Wildman–Crippen MR) is 52.7 cm³/mol. The monoisotopic (exact) mass is 185 g/mol. The molecule has 0 aromatic rings. The summed E-state index contributed by atoms with van der Waals surface area (Å²) in [6.45, 7) is 0.309. The lowest BCUT2D eigenvalue weighted by molar-refractivity contribution is 0.210. The first kappa shape index (κ1) is 10.5. The van der Waals surface area contributed by atoms with Crippen LogP contribution in [0.4, 0.5) is 0 Å². The number of oxime groups is 1. The molecule has 1 aliphatic rings. The molecular formula is C10H19NO2. The van der Waals surface area contributed by atoms with Crippen LogP contribution in [0.25, 0.3) is 0 Å². The molecule has 1 fully saturated rings. The van der Waals surface area contributed by atoms with Gasteiger partial charge in [0.05, 0.1) is 5.71 Å². The number of nitrogens with zero attached hydrogens (tertiary/aromatic N) is 1. The Kier molecular flexibility index (Phi) is 4.83. The summed E-state index contributed by atoms with van der Waals surface area (Å²) >= 11 is 0. The average Bonchev–Trinajstić information content (AvgIpc) is 2.54. The normalized spacial score (nSPS) is 25.4. The second-order valence-electron chi connectivity index (χ2n) is 3.57. The van der Waals surface area contributed by atoms with Crippen LogP contribution in [0.5, 0.6) is 0 Å². The van der Waals surface area contributed by atoms with Gasteiger partial charge in [-0.1, -0.05) is 11.6 Å². The van der Waals surface area contributed by atoms with Crippen LogP contribution in [0.1, 0.15) is 38.5 Å². The topological polar surface area (TPSA) is 41.8 Å². The molecule has 1 saturated carbocycles. The van der Waals surface area contributed by atoms with Crippen molar-refractivity contribution in [1.82, 2.24) is 0 Å². The van der Waals surface area contributed by atoms with Gasteiger partial charge in [-0.25, -0.2) is 0 Å². The van der Waals surface area contributed by atoms with E-state index in [1.54, 1.807) is 7.11 Å². The second-order valence-corrected chi connectivity index (χ2v) is 3.57. The Bertz CT molecular complexity index is 168. The molecule has 0 saturated heterocycles. The molecule has 76 valence electrons. The van der Waals surface area contributed by atoms with E-state index in [9.17, 15) is 0 Å². The lowest BCUT2D eigenvalue weighted by atomic mass is 9.99. The van der Waals surface area contributed by atoms with E-state index in [-0.39, 0.29) is 0 Å². The highest BCUT2D eigenvalue weighted by Gasteiger charge is 2.22. The first-order chi connectivity index (χ1) is 6.38. The first-order valence-electron chi connectivity index (χ1n) is 5.09. The van der Waals surface area contributed by atoms with Crippen molar-refractivity contribution < 1.29 is 9.94 Å². The van der Waals surface area contributed by atoms with Crippen LogP contribution >= 0.6 is 0 Å². The number of rotatable bonds is 5.